The molecule has 0 amide bonds. The summed E-state index contributed by atoms with van der Waals surface area (Å²) in [6.45, 7) is 1.93. The fourth-order valence-electron chi connectivity index (χ4n) is 1.30. The largest absolute Gasteiger partial charge is 0.495 e. The van der Waals surface area contributed by atoms with E-state index >= 15 is 0 Å². The molecule has 12 heavy (non-hydrogen) atoms. The van der Waals surface area contributed by atoms with Gasteiger partial charge in [-0.3, -0.25) is 4.79 Å². The summed E-state index contributed by atoms with van der Waals surface area (Å²) < 4.78 is 5.16. The Labute approximate surface area is 71.2 Å². The van der Waals surface area contributed by atoms with Crippen LogP contribution in [0.15, 0.2) is 12.3 Å². The van der Waals surface area contributed by atoms with E-state index in [1.807, 2.05) is 13.0 Å². The van der Waals surface area contributed by atoms with Crippen molar-refractivity contribution in [1.82, 2.24) is 5.32 Å². The van der Waals surface area contributed by atoms with Crippen LogP contribution in [0.4, 0.5) is 0 Å². The van der Waals surface area contributed by atoms with Crippen molar-refractivity contribution in [1.29, 1.82) is 0 Å². The van der Waals surface area contributed by atoms with Crippen molar-refractivity contribution >= 4 is 5.97 Å². The molecule has 0 aromatic carbocycles. The van der Waals surface area contributed by atoms with Gasteiger partial charge in [-0.2, -0.15) is 0 Å². The van der Waals surface area contributed by atoms with Gasteiger partial charge in [0.1, 0.15) is 12.1 Å². The summed E-state index contributed by atoms with van der Waals surface area (Å²) in [5.74, 6) is -0.725. The lowest BCUT2D eigenvalue weighted by atomic mass is 9.99. The van der Waals surface area contributed by atoms with E-state index < -0.39 is 12.0 Å². The van der Waals surface area contributed by atoms with Gasteiger partial charge in [-0.15, -0.1) is 0 Å². The second kappa shape index (κ2) is 3.58. The van der Waals surface area contributed by atoms with Crippen LogP contribution in [0.3, 0.4) is 0 Å². The van der Waals surface area contributed by atoms with Crippen molar-refractivity contribution in [2.45, 2.75) is 19.1 Å². The van der Waals surface area contributed by atoms with Crippen molar-refractivity contribution in [3.05, 3.63) is 12.3 Å². The highest BCUT2D eigenvalue weighted by molar-refractivity contribution is 5.74. The number of nitrogens with one attached hydrogen (secondary N) is 1. The van der Waals surface area contributed by atoms with E-state index in [4.69, 9.17) is 9.84 Å². The van der Waals surface area contributed by atoms with Crippen molar-refractivity contribution < 1.29 is 14.6 Å². The number of likely N-dealkylation sites (N-methyl/N-ethyl adjacent to an activating group) is 1. The monoisotopic (exact) mass is 171 g/mol. The number of carboxylic acid groups (broad SMARTS) is 1. The highest BCUT2D eigenvalue weighted by Gasteiger charge is 2.33. The summed E-state index contributed by atoms with van der Waals surface area (Å²) in [5.41, 5.74) is 0. The molecule has 0 aromatic rings. The van der Waals surface area contributed by atoms with Crippen LogP contribution in [0.5, 0.6) is 0 Å². The third-order valence-electron chi connectivity index (χ3n) is 2.04. The Bertz CT molecular complexity index is 202. The van der Waals surface area contributed by atoms with E-state index in [1.165, 1.54) is 0 Å². The number of hydrogen-bond donors (Lipinski definition) is 2. The number of aliphatic carboxylic acids is 1. The minimum absolute atomic E-state index is 0.151. The third-order valence-corrected chi connectivity index (χ3v) is 2.04. The zero-order valence-electron chi connectivity index (χ0n) is 7.15. The van der Waals surface area contributed by atoms with Crippen molar-refractivity contribution in [3.63, 3.8) is 0 Å². The molecule has 0 fully saturated rings. The fourth-order valence-corrected chi connectivity index (χ4v) is 1.30. The summed E-state index contributed by atoms with van der Waals surface area (Å²) in [7, 11) is 1.62. The predicted octanol–water partition coefficient (Wildman–Crippen LogP) is 0.208. The predicted molar refractivity (Wildman–Crippen MR) is 43.7 cm³/mol. The summed E-state index contributed by atoms with van der Waals surface area (Å²) >= 11 is 0. The Morgan fingerprint density at radius 2 is 2.42 bits per heavy atom. The molecular weight excluding hydrogens is 158 g/mol. The van der Waals surface area contributed by atoms with Gasteiger partial charge in [0.2, 0.25) is 0 Å². The first-order valence-electron chi connectivity index (χ1n) is 3.89. The molecule has 1 heterocycles. The zero-order chi connectivity index (χ0) is 9.14. The van der Waals surface area contributed by atoms with Crippen LogP contribution in [0.1, 0.15) is 6.92 Å². The lowest BCUT2D eigenvalue weighted by Crippen LogP contribution is -2.46. The van der Waals surface area contributed by atoms with Crippen LogP contribution >= 0.6 is 0 Å². The molecule has 68 valence electrons. The van der Waals surface area contributed by atoms with Crippen LogP contribution in [-0.2, 0) is 9.53 Å². The molecule has 0 aliphatic carbocycles. The molecule has 0 saturated heterocycles. The fraction of sp³-hybridized carbons (Fsp3) is 0.625. The average molecular weight is 171 g/mol. The Morgan fingerprint density at radius 3 is 2.75 bits per heavy atom. The second-order valence-corrected chi connectivity index (χ2v) is 2.89. The summed E-state index contributed by atoms with van der Waals surface area (Å²) in [4.78, 5) is 10.7. The van der Waals surface area contributed by atoms with Gasteiger partial charge in [0.15, 0.2) is 0 Å². The van der Waals surface area contributed by atoms with Gasteiger partial charge in [-0.25, -0.2) is 0 Å². The maximum Gasteiger partial charge on any atom is 0.324 e. The molecule has 1 rings (SSSR count). The Kier molecular flexibility index (Phi) is 2.70. The van der Waals surface area contributed by atoms with E-state index in [-0.39, 0.29) is 12.0 Å². The van der Waals surface area contributed by atoms with E-state index in [9.17, 15) is 4.79 Å². The Balaban J connectivity index is 2.61. The van der Waals surface area contributed by atoms with Crippen LogP contribution in [-0.4, -0.2) is 30.3 Å². The highest BCUT2D eigenvalue weighted by Crippen LogP contribution is 2.19. The molecule has 0 spiro atoms. The molecule has 1 aliphatic rings. The maximum absolute atomic E-state index is 10.7. The molecule has 0 saturated carbocycles. The Hall–Kier alpha value is -1.03. The Morgan fingerprint density at radius 1 is 1.75 bits per heavy atom. The molecule has 0 bridgehead atoms. The number of ether oxygens (including phenoxy) is 1. The van der Waals surface area contributed by atoms with Gasteiger partial charge < -0.3 is 15.2 Å². The first-order chi connectivity index (χ1) is 5.66. The van der Waals surface area contributed by atoms with Gasteiger partial charge in [0, 0.05) is 5.92 Å². The van der Waals surface area contributed by atoms with Crippen LogP contribution in [0.25, 0.3) is 0 Å². The summed E-state index contributed by atoms with van der Waals surface area (Å²) in [6.07, 6.45) is 3.13. The minimum atomic E-state index is -0.877. The van der Waals surface area contributed by atoms with E-state index in [2.05, 4.69) is 5.32 Å². The number of rotatable bonds is 3. The summed E-state index contributed by atoms with van der Waals surface area (Å²) in [5, 5.41) is 11.5. The smallest absolute Gasteiger partial charge is 0.324 e. The van der Waals surface area contributed by atoms with Crippen LogP contribution < -0.4 is 5.32 Å². The number of carbonyl (C=O) groups is 1. The quantitative estimate of drug-likeness (QED) is 0.637. The topological polar surface area (TPSA) is 58.6 Å². The first kappa shape index (κ1) is 9.06. The van der Waals surface area contributed by atoms with Gasteiger partial charge in [-0.1, -0.05) is 6.92 Å². The van der Waals surface area contributed by atoms with Crippen LogP contribution in [0.2, 0.25) is 0 Å². The van der Waals surface area contributed by atoms with E-state index in [0.717, 1.165) is 0 Å². The molecule has 2 N–H and O–H groups in total. The lowest BCUT2D eigenvalue weighted by molar-refractivity contribution is -0.142. The third kappa shape index (κ3) is 1.58. The number of carboxylic acids is 1. The molecule has 0 unspecified atom stereocenters. The van der Waals surface area contributed by atoms with Gasteiger partial charge in [0.05, 0.1) is 6.26 Å². The van der Waals surface area contributed by atoms with Gasteiger partial charge >= 0.3 is 5.97 Å². The van der Waals surface area contributed by atoms with E-state index in [0.29, 0.717) is 0 Å². The molecule has 3 atom stereocenters. The zero-order valence-corrected chi connectivity index (χ0v) is 7.15. The van der Waals surface area contributed by atoms with Crippen LogP contribution in [0, 0.1) is 5.92 Å². The molecule has 0 aromatic heterocycles. The lowest BCUT2D eigenvalue weighted by Gasteiger charge is -2.21. The normalized spacial score (nSPS) is 29.8. The maximum atomic E-state index is 10.7. The number of hydrogen-bond acceptors (Lipinski definition) is 3. The second-order valence-electron chi connectivity index (χ2n) is 2.89. The first-order valence-corrected chi connectivity index (χ1v) is 3.89. The molecule has 0 radical (unpaired) electrons. The van der Waals surface area contributed by atoms with Crippen molar-refractivity contribution in [2.24, 2.45) is 5.92 Å². The molecule has 4 heteroatoms. The summed E-state index contributed by atoms with van der Waals surface area (Å²) in [6, 6.07) is -0.630. The SMILES string of the molecule is CN[C@H](C(=O)O)[C@@H]1OC=C[C@H]1C. The van der Waals surface area contributed by atoms with Crippen molar-refractivity contribution in [3.8, 4) is 0 Å². The highest BCUT2D eigenvalue weighted by atomic mass is 16.5. The van der Waals surface area contributed by atoms with Crippen molar-refractivity contribution in [2.75, 3.05) is 7.05 Å². The minimum Gasteiger partial charge on any atom is -0.495 e. The average Bonchev–Trinajstić information content (AvgIpc) is 2.38. The van der Waals surface area contributed by atoms with Gasteiger partial charge in [0.25, 0.3) is 0 Å². The molecule has 4 nitrogen and oxygen atoms in total. The molecule has 1 aliphatic heterocycles. The van der Waals surface area contributed by atoms with Gasteiger partial charge in [-0.05, 0) is 13.1 Å². The van der Waals surface area contributed by atoms with E-state index in [1.54, 1.807) is 13.3 Å². The standard InChI is InChI=1S/C8H13NO3/c1-5-3-4-12-7(5)6(9-2)8(10)11/h3-7,9H,1-2H3,(H,10,11)/t5-,6+,7-/m1/s1. The molecular formula is C8H13NO3.